The van der Waals surface area contributed by atoms with E-state index in [9.17, 15) is 9.59 Å². The largest absolute Gasteiger partial charge is 0.494 e. The third-order valence-corrected chi connectivity index (χ3v) is 7.25. The number of hydrogen-bond donors (Lipinski definition) is 0. The van der Waals surface area contributed by atoms with Crippen molar-refractivity contribution >= 4 is 28.5 Å². The van der Waals surface area contributed by atoms with Crippen molar-refractivity contribution < 1.29 is 13.9 Å². The molecular weight excluding hydrogens is 486 g/mol. The van der Waals surface area contributed by atoms with Crippen molar-refractivity contribution in [1.82, 2.24) is 4.90 Å². The molecule has 5 rings (SSSR count). The van der Waals surface area contributed by atoms with E-state index in [-0.39, 0.29) is 23.6 Å². The molecule has 0 bridgehead atoms. The number of amides is 1. The fourth-order valence-electron chi connectivity index (χ4n) is 4.92. The highest BCUT2D eigenvalue weighted by atomic mass is 35.5. The predicted octanol–water partition coefficient (Wildman–Crippen LogP) is 7.46. The molecule has 1 atom stereocenters. The van der Waals surface area contributed by atoms with Crippen molar-refractivity contribution in [3.8, 4) is 5.75 Å². The van der Waals surface area contributed by atoms with E-state index in [1.54, 1.807) is 17.0 Å². The van der Waals surface area contributed by atoms with Gasteiger partial charge in [-0.3, -0.25) is 9.59 Å². The Labute approximate surface area is 221 Å². The normalized spacial score (nSPS) is 14.8. The van der Waals surface area contributed by atoms with Gasteiger partial charge < -0.3 is 14.1 Å². The Morgan fingerprint density at radius 1 is 0.973 bits per heavy atom. The molecule has 1 aliphatic heterocycles. The number of halogens is 1. The Balaban J connectivity index is 1.54. The monoisotopic (exact) mass is 515 g/mol. The first-order valence-electron chi connectivity index (χ1n) is 12.8. The molecule has 1 aromatic heterocycles. The van der Waals surface area contributed by atoms with Crippen LogP contribution in [0.25, 0.3) is 11.0 Å². The number of carbonyl (C=O) groups is 1. The number of ether oxygens (including phenoxy) is 1. The first-order valence-corrected chi connectivity index (χ1v) is 13.2. The van der Waals surface area contributed by atoms with E-state index in [0.717, 1.165) is 35.3 Å². The summed E-state index contributed by atoms with van der Waals surface area (Å²) in [5.74, 6) is 0.536. The molecule has 6 heteroatoms. The van der Waals surface area contributed by atoms with Gasteiger partial charge >= 0.3 is 0 Å². The lowest BCUT2D eigenvalue weighted by Gasteiger charge is -2.25. The van der Waals surface area contributed by atoms with E-state index >= 15 is 0 Å². The fourth-order valence-corrected chi connectivity index (χ4v) is 5.11. The van der Waals surface area contributed by atoms with Crippen LogP contribution in [0.3, 0.4) is 0 Å². The van der Waals surface area contributed by atoms with Crippen LogP contribution in [0.2, 0.25) is 5.02 Å². The van der Waals surface area contributed by atoms with Crippen molar-refractivity contribution in [2.75, 3.05) is 6.61 Å². The number of fused-ring (bicyclic) bond motifs is 2. The smallest absolute Gasteiger partial charge is 0.291 e. The molecule has 4 aromatic rings. The third-order valence-electron chi connectivity index (χ3n) is 6.88. The Bertz CT molecular complexity index is 1490. The van der Waals surface area contributed by atoms with Crippen LogP contribution in [0.15, 0.2) is 75.9 Å². The van der Waals surface area contributed by atoms with Crippen molar-refractivity contribution in [1.29, 1.82) is 0 Å². The summed E-state index contributed by atoms with van der Waals surface area (Å²) >= 11 is 6.45. The van der Waals surface area contributed by atoms with Crippen LogP contribution in [-0.4, -0.2) is 17.4 Å². The van der Waals surface area contributed by atoms with E-state index in [0.29, 0.717) is 28.2 Å². The van der Waals surface area contributed by atoms with E-state index in [4.69, 9.17) is 20.8 Å². The average molecular weight is 516 g/mol. The van der Waals surface area contributed by atoms with Crippen molar-refractivity contribution in [3.05, 3.63) is 110 Å². The zero-order valence-corrected chi connectivity index (χ0v) is 21.9. The number of carbonyl (C=O) groups excluding carboxylic acids is 1. The van der Waals surface area contributed by atoms with Crippen LogP contribution < -0.4 is 10.2 Å². The second-order valence-corrected chi connectivity index (χ2v) is 9.99. The standard InChI is InChI=1S/C31H30ClNO4/c1-3-4-5-8-17-36-23-14-12-21(13-15-23)28-27-29(34)24-18-20(2)11-16-26(24)37-30(27)31(35)33(28)19-22-9-6-7-10-25(22)32/h6-7,9-16,18,28H,3-5,8,17,19H2,1-2H3. The maximum absolute atomic E-state index is 13.8. The van der Waals surface area contributed by atoms with E-state index in [2.05, 4.69) is 6.92 Å². The molecule has 0 saturated carbocycles. The summed E-state index contributed by atoms with van der Waals surface area (Å²) < 4.78 is 12.0. The number of unbranched alkanes of at least 4 members (excludes halogenated alkanes) is 3. The van der Waals surface area contributed by atoms with Crippen LogP contribution in [-0.2, 0) is 6.54 Å². The third kappa shape index (κ3) is 5.01. The Kier molecular flexibility index (Phi) is 7.33. The minimum atomic E-state index is -0.599. The molecular formula is C31H30ClNO4. The van der Waals surface area contributed by atoms with E-state index in [1.165, 1.54) is 12.8 Å². The molecule has 2 heterocycles. The van der Waals surface area contributed by atoms with Gasteiger partial charge in [-0.1, -0.05) is 79.7 Å². The van der Waals surface area contributed by atoms with Crippen LogP contribution in [0.1, 0.15) is 71.5 Å². The van der Waals surface area contributed by atoms with Gasteiger partial charge in [0.05, 0.1) is 23.6 Å². The van der Waals surface area contributed by atoms with Gasteiger partial charge in [0, 0.05) is 11.6 Å². The van der Waals surface area contributed by atoms with Gasteiger partial charge in [0.25, 0.3) is 5.91 Å². The number of aryl methyl sites for hydroxylation is 1. The molecule has 0 N–H and O–H groups in total. The van der Waals surface area contributed by atoms with Crippen LogP contribution in [0, 0.1) is 6.92 Å². The fraction of sp³-hybridized carbons (Fsp3) is 0.290. The molecule has 0 fully saturated rings. The first kappa shape index (κ1) is 25.1. The second-order valence-electron chi connectivity index (χ2n) is 9.58. The molecule has 3 aromatic carbocycles. The zero-order valence-electron chi connectivity index (χ0n) is 21.1. The lowest BCUT2D eigenvalue weighted by Crippen LogP contribution is -2.29. The molecule has 1 unspecified atom stereocenters. The molecule has 5 nitrogen and oxygen atoms in total. The zero-order chi connectivity index (χ0) is 25.9. The summed E-state index contributed by atoms with van der Waals surface area (Å²) in [7, 11) is 0. The quantitative estimate of drug-likeness (QED) is 0.217. The van der Waals surface area contributed by atoms with Crippen LogP contribution in [0.5, 0.6) is 5.75 Å². The number of nitrogens with zero attached hydrogens (tertiary/aromatic N) is 1. The van der Waals surface area contributed by atoms with Crippen molar-refractivity contribution in [3.63, 3.8) is 0 Å². The van der Waals surface area contributed by atoms with E-state index < -0.39 is 6.04 Å². The number of benzene rings is 3. The molecule has 0 saturated heterocycles. The number of hydrogen-bond acceptors (Lipinski definition) is 4. The lowest BCUT2D eigenvalue weighted by atomic mass is 9.98. The van der Waals surface area contributed by atoms with Gasteiger partial charge in [-0.25, -0.2) is 0 Å². The maximum Gasteiger partial charge on any atom is 0.291 e. The molecule has 1 aliphatic rings. The van der Waals surface area contributed by atoms with Gasteiger partial charge in [0.2, 0.25) is 5.76 Å². The topological polar surface area (TPSA) is 59.8 Å². The molecule has 0 radical (unpaired) electrons. The summed E-state index contributed by atoms with van der Waals surface area (Å²) in [5.41, 5.74) is 3.16. The minimum Gasteiger partial charge on any atom is -0.494 e. The van der Waals surface area contributed by atoms with Crippen molar-refractivity contribution in [2.45, 2.75) is 52.1 Å². The van der Waals surface area contributed by atoms with Crippen molar-refractivity contribution in [2.24, 2.45) is 0 Å². The predicted molar refractivity (Wildman–Crippen MR) is 146 cm³/mol. The van der Waals surface area contributed by atoms with Gasteiger partial charge in [-0.2, -0.15) is 0 Å². The molecule has 37 heavy (non-hydrogen) atoms. The SMILES string of the molecule is CCCCCCOc1ccc(C2c3c(oc4ccc(C)cc4c3=O)C(=O)N2Cc2ccccc2Cl)cc1. The summed E-state index contributed by atoms with van der Waals surface area (Å²) in [5, 5.41) is 1.04. The molecule has 0 aliphatic carbocycles. The highest BCUT2D eigenvalue weighted by Crippen LogP contribution is 2.40. The first-order chi connectivity index (χ1) is 18.0. The molecule has 190 valence electrons. The Hall–Kier alpha value is -3.57. The lowest BCUT2D eigenvalue weighted by molar-refractivity contribution is 0.0714. The maximum atomic E-state index is 13.8. The van der Waals surface area contributed by atoms with Gasteiger partial charge in [0.1, 0.15) is 11.3 Å². The van der Waals surface area contributed by atoms with E-state index in [1.807, 2.05) is 61.5 Å². The van der Waals surface area contributed by atoms with Gasteiger partial charge in [-0.05, 0) is 54.8 Å². The van der Waals surface area contributed by atoms with Gasteiger partial charge in [-0.15, -0.1) is 0 Å². The summed E-state index contributed by atoms with van der Waals surface area (Å²) in [4.78, 5) is 29.1. The minimum absolute atomic E-state index is 0.0923. The molecule has 0 spiro atoms. The average Bonchev–Trinajstić information content (AvgIpc) is 3.17. The highest BCUT2D eigenvalue weighted by Gasteiger charge is 2.42. The summed E-state index contributed by atoms with van der Waals surface area (Å²) in [6.07, 6.45) is 4.55. The van der Waals surface area contributed by atoms with Crippen LogP contribution >= 0.6 is 11.6 Å². The second kappa shape index (κ2) is 10.8. The molecule has 1 amide bonds. The summed E-state index contributed by atoms with van der Waals surface area (Å²) in [6, 6.07) is 19.9. The highest BCUT2D eigenvalue weighted by molar-refractivity contribution is 6.31. The Morgan fingerprint density at radius 3 is 2.51 bits per heavy atom. The number of rotatable bonds is 9. The van der Waals surface area contributed by atoms with Gasteiger partial charge in [0.15, 0.2) is 5.43 Å². The van der Waals surface area contributed by atoms with Crippen LogP contribution in [0.4, 0.5) is 0 Å². The Morgan fingerprint density at radius 2 is 1.76 bits per heavy atom. The summed E-state index contributed by atoms with van der Waals surface area (Å²) in [6.45, 7) is 5.03.